The second-order valence-corrected chi connectivity index (χ2v) is 15.5. The zero-order chi connectivity index (χ0) is 34.6. The van der Waals surface area contributed by atoms with Crippen LogP contribution in [0.5, 0.6) is 0 Å². The maximum absolute atomic E-state index is 12.3. The molecule has 0 aliphatic heterocycles. The standard InChI is InChI=1S/C33H58O12/c1-30(2,3)42-26(34)18-38-14-22-13-23(15-39-19-27(35)43-31(4,5)6)25(17-41-21-29(37)45-33(10,11)12)24(22)16-40-20-28(36)44-32(7,8)9/h22-25H,13-21H2,1-12H3. The van der Waals surface area contributed by atoms with Gasteiger partial charge in [-0.05, 0) is 113 Å². The lowest BCUT2D eigenvalue weighted by molar-refractivity contribution is -0.164. The normalized spacial score (nSPS) is 20.9. The highest BCUT2D eigenvalue weighted by Crippen LogP contribution is 2.42. The van der Waals surface area contributed by atoms with Crippen LogP contribution in [0, 0.1) is 23.7 Å². The van der Waals surface area contributed by atoms with E-state index in [1.54, 1.807) is 83.1 Å². The number of esters is 4. The molecule has 1 fully saturated rings. The summed E-state index contributed by atoms with van der Waals surface area (Å²) < 4.78 is 44.7. The minimum atomic E-state index is -0.652. The van der Waals surface area contributed by atoms with Gasteiger partial charge < -0.3 is 37.9 Å². The average molecular weight is 647 g/mol. The number of ether oxygens (including phenoxy) is 8. The first-order valence-corrected chi connectivity index (χ1v) is 15.6. The molecule has 1 aliphatic carbocycles. The van der Waals surface area contributed by atoms with Gasteiger partial charge in [0.25, 0.3) is 0 Å². The van der Waals surface area contributed by atoms with Crippen LogP contribution in [0.25, 0.3) is 0 Å². The summed E-state index contributed by atoms with van der Waals surface area (Å²) in [5.41, 5.74) is -2.58. The summed E-state index contributed by atoms with van der Waals surface area (Å²) in [6.07, 6.45) is 0.601. The summed E-state index contributed by atoms with van der Waals surface area (Å²) in [6, 6.07) is 0. The fourth-order valence-corrected chi connectivity index (χ4v) is 4.97. The Morgan fingerprint density at radius 1 is 0.422 bits per heavy atom. The topological polar surface area (TPSA) is 142 Å². The monoisotopic (exact) mass is 646 g/mol. The summed E-state index contributed by atoms with van der Waals surface area (Å²) in [5, 5.41) is 0. The van der Waals surface area contributed by atoms with E-state index in [4.69, 9.17) is 37.9 Å². The van der Waals surface area contributed by atoms with Gasteiger partial charge in [-0.2, -0.15) is 0 Å². The zero-order valence-electron chi connectivity index (χ0n) is 29.6. The van der Waals surface area contributed by atoms with Crippen molar-refractivity contribution in [2.24, 2.45) is 23.7 Å². The predicted molar refractivity (Wildman–Crippen MR) is 165 cm³/mol. The molecule has 0 radical (unpaired) electrons. The van der Waals surface area contributed by atoms with Gasteiger partial charge in [-0.1, -0.05) is 0 Å². The second kappa shape index (κ2) is 17.6. The third-order valence-corrected chi connectivity index (χ3v) is 6.21. The molecule has 0 N–H and O–H groups in total. The molecule has 45 heavy (non-hydrogen) atoms. The molecule has 262 valence electrons. The van der Waals surface area contributed by atoms with Gasteiger partial charge in [0.05, 0.1) is 26.4 Å². The van der Waals surface area contributed by atoms with Gasteiger partial charge in [-0.3, -0.25) is 0 Å². The highest BCUT2D eigenvalue weighted by Gasteiger charge is 2.44. The average Bonchev–Trinajstić information content (AvgIpc) is 3.10. The second-order valence-electron chi connectivity index (χ2n) is 15.5. The molecule has 0 spiro atoms. The Hall–Kier alpha value is -2.28. The van der Waals surface area contributed by atoms with E-state index in [1.165, 1.54) is 0 Å². The van der Waals surface area contributed by atoms with Gasteiger partial charge in [-0.15, -0.1) is 0 Å². The molecule has 1 rings (SSSR count). The van der Waals surface area contributed by atoms with Crippen LogP contribution >= 0.6 is 0 Å². The Balaban J connectivity index is 3.06. The van der Waals surface area contributed by atoms with Crippen LogP contribution in [0.3, 0.4) is 0 Å². The largest absolute Gasteiger partial charge is 0.458 e. The summed E-state index contributed by atoms with van der Waals surface area (Å²) in [5.74, 6) is -2.56. The van der Waals surface area contributed by atoms with Crippen LogP contribution in [-0.2, 0) is 57.1 Å². The first kappa shape index (κ1) is 40.7. The Bertz CT molecular complexity index is 873. The van der Waals surface area contributed by atoms with E-state index in [1.807, 2.05) is 0 Å². The highest BCUT2D eigenvalue weighted by molar-refractivity contribution is 5.72. The summed E-state index contributed by atoms with van der Waals surface area (Å²) in [6.45, 7) is 21.2. The van der Waals surface area contributed by atoms with Gasteiger partial charge in [-0.25, -0.2) is 19.2 Å². The number of hydrogen-bond acceptors (Lipinski definition) is 12. The molecule has 0 bridgehead atoms. The van der Waals surface area contributed by atoms with E-state index in [0.29, 0.717) is 6.42 Å². The van der Waals surface area contributed by atoms with Crippen molar-refractivity contribution in [3.8, 4) is 0 Å². The molecule has 1 aliphatic rings. The Kier molecular flexibility index (Phi) is 15.9. The van der Waals surface area contributed by atoms with E-state index in [2.05, 4.69) is 0 Å². The Labute approximate surface area is 269 Å². The van der Waals surface area contributed by atoms with Crippen LogP contribution in [0.15, 0.2) is 0 Å². The van der Waals surface area contributed by atoms with Crippen molar-refractivity contribution >= 4 is 23.9 Å². The summed E-state index contributed by atoms with van der Waals surface area (Å²) in [7, 11) is 0. The molecule has 4 unspecified atom stereocenters. The van der Waals surface area contributed by atoms with Crippen molar-refractivity contribution in [3.63, 3.8) is 0 Å². The van der Waals surface area contributed by atoms with E-state index >= 15 is 0 Å². The maximum Gasteiger partial charge on any atom is 0.332 e. The summed E-state index contributed by atoms with van der Waals surface area (Å²) >= 11 is 0. The lowest BCUT2D eigenvalue weighted by Gasteiger charge is -2.27. The molecule has 12 nitrogen and oxygen atoms in total. The van der Waals surface area contributed by atoms with Crippen molar-refractivity contribution in [2.75, 3.05) is 52.9 Å². The molecule has 0 amide bonds. The van der Waals surface area contributed by atoms with Crippen molar-refractivity contribution in [1.29, 1.82) is 0 Å². The van der Waals surface area contributed by atoms with Crippen LogP contribution in [-0.4, -0.2) is 99.1 Å². The van der Waals surface area contributed by atoms with E-state index in [0.717, 1.165) is 0 Å². The molecule has 0 aromatic rings. The SMILES string of the molecule is CC(C)(C)OC(=O)COCC1CC(COCC(=O)OC(C)(C)C)C(COCC(=O)OC(C)(C)C)C1COCC(=O)OC(C)(C)C. The van der Waals surface area contributed by atoms with E-state index in [-0.39, 0.29) is 76.5 Å². The number of hydrogen-bond donors (Lipinski definition) is 0. The van der Waals surface area contributed by atoms with Crippen molar-refractivity contribution in [2.45, 2.75) is 112 Å². The molecule has 0 aromatic heterocycles. The molecular formula is C33H58O12. The quantitative estimate of drug-likeness (QED) is 0.174. The molecule has 1 saturated carbocycles. The number of carbonyl (C=O) groups is 4. The lowest BCUT2D eigenvalue weighted by atomic mass is 9.88. The van der Waals surface area contributed by atoms with Crippen LogP contribution in [0.4, 0.5) is 0 Å². The fraction of sp³-hybridized carbons (Fsp3) is 0.879. The van der Waals surface area contributed by atoms with Crippen LogP contribution < -0.4 is 0 Å². The minimum Gasteiger partial charge on any atom is -0.458 e. The molecule has 0 saturated heterocycles. The van der Waals surface area contributed by atoms with Crippen molar-refractivity contribution < 1.29 is 57.1 Å². The van der Waals surface area contributed by atoms with Gasteiger partial charge in [0.15, 0.2) is 0 Å². The fourth-order valence-electron chi connectivity index (χ4n) is 4.97. The number of rotatable bonds is 16. The first-order chi connectivity index (χ1) is 20.4. The molecule has 0 aromatic carbocycles. The van der Waals surface area contributed by atoms with Gasteiger partial charge in [0.2, 0.25) is 0 Å². The van der Waals surface area contributed by atoms with Crippen molar-refractivity contribution in [1.82, 2.24) is 0 Å². The van der Waals surface area contributed by atoms with Gasteiger partial charge in [0, 0.05) is 0 Å². The molecule has 12 heteroatoms. The highest BCUT2D eigenvalue weighted by atomic mass is 16.6. The Morgan fingerprint density at radius 2 is 0.644 bits per heavy atom. The molecular weight excluding hydrogens is 588 g/mol. The molecule has 4 atom stereocenters. The van der Waals surface area contributed by atoms with E-state index < -0.39 is 46.3 Å². The maximum atomic E-state index is 12.3. The molecule has 0 heterocycles. The zero-order valence-corrected chi connectivity index (χ0v) is 29.6. The predicted octanol–water partition coefficient (Wildman–Crippen LogP) is 4.29. The smallest absolute Gasteiger partial charge is 0.332 e. The Morgan fingerprint density at radius 3 is 0.867 bits per heavy atom. The van der Waals surface area contributed by atoms with Gasteiger partial charge in [0.1, 0.15) is 48.8 Å². The van der Waals surface area contributed by atoms with E-state index in [9.17, 15) is 19.2 Å². The third kappa shape index (κ3) is 19.8. The van der Waals surface area contributed by atoms with Crippen LogP contribution in [0.2, 0.25) is 0 Å². The minimum absolute atomic E-state index is 0.115. The summed E-state index contributed by atoms with van der Waals surface area (Å²) in [4.78, 5) is 49.2. The number of carbonyl (C=O) groups excluding carboxylic acids is 4. The third-order valence-electron chi connectivity index (χ3n) is 6.21. The van der Waals surface area contributed by atoms with Gasteiger partial charge >= 0.3 is 23.9 Å². The lowest BCUT2D eigenvalue weighted by Crippen LogP contribution is -2.33. The van der Waals surface area contributed by atoms with Crippen LogP contribution in [0.1, 0.15) is 89.5 Å². The first-order valence-electron chi connectivity index (χ1n) is 15.6. The van der Waals surface area contributed by atoms with Crippen molar-refractivity contribution in [3.05, 3.63) is 0 Å².